The lowest BCUT2D eigenvalue weighted by Gasteiger charge is -2.08. The first-order valence-electron chi connectivity index (χ1n) is 9.57. The van der Waals surface area contributed by atoms with Crippen molar-refractivity contribution in [2.45, 2.75) is 20.3 Å². The topological polar surface area (TPSA) is 70.1 Å². The second kappa shape index (κ2) is 7.83. The first-order chi connectivity index (χ1) is 14.2. The molecule has 0 unspecified atom stereocenters. The lowest BCUT2D eigenvalue weighted by atomic mass is 10.0. The predicted molar refractivity (Wildman–Crippen MR) is 108 cm³/mol. The van der Waals surface area contributed by atoms with Crippen molar-refractivity contribution >= 4 is 28.4 Å². The Morgan fingerprint density at radius 1 is 0.897 bits per heavy atom. The van der Waals surface area contributed by atoms with Gasteiger partial charge in [-0.15, -0.1) is 0 Å². The van der Waals surface area contributed by atoms with E-state index in [0.717, 1.165) is 16.4 Å². The smallest absolute Gasteiger partial charge is 0.356 e. The number of carbonyl (C=O) groups excluding carboxylic acids is 2. The zero-order valence-electron chi connectivity index (χ0n) is 16.3. The molecule has 0 aliphatic heterocycles. The van der Waals surface area contributed by atoms with E-state index in [1.54, 1.807) is 30.6 Å². The molecule has 0 bridgehead atoms. The summed E-state index contributed by atoms with van der Waals surface area (Å²) in [5.74, 6) is -0.427. The number of fused-ring (bicyclic) bond motifs is 3. The molecule has 6 heteroatoms. The minimum atomic E-state index is -0.562. The van der Waals surface area contributed by atoms with Crippen LogP contribution in [0.2, 0.25) is 0 Å². The predicted octanol–water partition coefficient (Wildman–Crippen LogP) is 4.63. The summed E-state index contributed by atoms with van der Waals surface area (Å²) in [6.45, 7) is 3.87. The molecule has 0 spiro atoms. The van der Waals surface area contributed by atoms with Crippen molar-refractivity contribution in [3.63, 3.8) is 0 Å². The van der Waals surface area contributed by atoms with Crippen LogP contribution in [0.4, 0.5) is 0 Å². The Morgan fingerprint density at radius 3 is 2.38 bits per heavy atom. The van der Waals surface area contributed by atoms with Gasteiger partial charge in [0, 0.05) is 12.0 Å². The number of para-hydroxylation sites is 1. The highest BCUT2D eigenvalue weighted by atomic mass is 16.5. The molecule has 0 aliphatic carbocycles. The lowest BCUT2D eigenvalue weighted by Crippen LogP contribution is -2.16. The van der Waals surface area contributed by atoms with E-state index in [1.165, 1.54) is 0 Å². The molecule has 4 rings (SSSR count). The summed E-state index contributed by atoms with van der Waals surface area (Å²) < 4.78 is 17.9. The maximum Gasteiger partial charge on any atom is 0.356 e. The third kappa shape index (κ3) is 3.27. The van der Waals surface area contributed by atoms with Gasteiger partial charge in [0.05, 0.1) is 36.1 Å². The molecule has 4 aromatic rings. The summed E-state index contributed by atoms with van der Waals surface area (Å²) in [6, 6.07) is 15.2. The van der Waals surface area contributed by atoms with Crippen molar-refractivity contribution in [3.8, 4) is 0 Å². The van der Waals surface area contributed by atoms with Gasteiger partial charge < -0.3 is 18.3 Å². The van der Waals surface area contributed by atoms with Crippen LogP contribution in [0.25, 0.3) is 16.4 Å². The number of hydrogen-bond acceptors (Lipinski definition) is 5. The third-order valence-electron chi connectivity index (χ3n) is 4.79. The van der Waals surface area contributed by atoms with Crippen molar-refractivity contribution in [3.05, 3.63) is 77.4 Å². The monoisotopic (exact) mass is 391 g/mol. The number of benzene rings is 1. The van der Waals surface area contributed by atoms with Crippen molar-refractivity contribution in [2.24, 2.45) is 0 Å². The van der Waals surface area contributed by atoms with Gasteiger partial charge in [0.25, 0.3) is 0 Å². The summed E-state index contributed by atoms with van der Waals surface area (Å²) in [6.07, 6.45) is 1.93. The molecule has 6 nitrogen and oxygen atoms in total. The molecule has 3 aromatic heterocycles. The number of ether oxygens (including phenoxy) is 2. The maximum absolute atomic E-state index is 13.0. The van der Waals surface area contributed by atoms with Crippen LogP contribution in [-0.2, 0) is 15.9 Å². The van der Waals surface area contributed by atoms with Crippen molar-refractivity contribution in [2.75, 3.05) is 13.2 Å². The van der Waals surface area contributed by atoms with Gasteiger partial charge in [-0.05, 0) is 43.5 Å². The number of rotatable bonds is 6. The van der Waals surface area contributed by atoms with Crippen LogP contribution in [0.15, 0.2) is 59.2 Å². The lowest BCUT2D eigenvalue weighted by molar-refractivity contribution is 0.0473. The highest BCUT2D eigenvalue weighted by molar-refractivity contribution is 6.07. The number of hydrogen-bond donors (Lipinski definition) is 0. The normalized spacial score (nSPS) is 11.1. The molecule has 0 N–H and O–H groups in total. The van der Waals surface area contributed by atoms with E-state index in [9.17, 15) is 9.59 Å². The van der Waals surface area contributed by atoms with Crippen LogP contribution in [-0.4, -0.2) is 29.6 Å². The van der Waals surface area contributed by atoms with Crippen LogP contribution < -0.4 is 0 Å². The fourth-order valence-electron chi connectivity index (χ4n) is 3.65. The number of furan rings is 1. The number of esters is 2. The van der Waals surface area contributed by atoms with Crippen LogP contribution in [0.1, 0.15) is 46.0 Å². The number of aromatic nitrogens is 1. The van der Waals surface area contributed by atoms with E-state index < -0.39 is 11.9 Å². The summed E-state index contributed by atoms with van der Waals surface area (Å²) in [5, 5.41) is 0.945. The van der Waals surface area contributed by atoms with Gasteiger partial charge in [0.15, 0.2) is 0 Å². The van der Waals surface area contributed by atoms with Gasteiger partial charge in [-0.2, -0.15) is 0 Å². The van der Waals surface area contributed by atoms with Crippen molar-refractivity contribution < 1.29 is 23.5 Å². The SMILES string of the molecule is CCOC(=O)c1c(Cc2ccco2)c2ccc3ccccc3n2c1C(=O)OCC. The minimum absolute atomic E-state index is 0.179. The quantitative estimate of drug-likeness (QED) is 0.448. The highest BCUT2D eigenvalue weighted by Gasteiger charge is 2.31. The Morgan fingerprint density at radius 2 is 1.66 bits per heavy atom. The zero-order valence-corrected chi connectivity index (χ0v) is 16.3. The minimum Gasteiger partial charge on any atom is -0.469 e. The Kier molecular flexibility index (Phi) is 5.08. The first kappa shape index (κ1) is 18.8. The molecule has 0 saturated heterocycles. The molecule has 0 saturated carbocycles. The molecule has 148 valence electrons. The van der Waals surface area contributed by atoms with Crippen LogP contribution >= 0.6 is 0 Å². The molecular formula is C23H21NO5. The van der Waals surface area contributed by atoms with Crippen molar-refractivity contribution in [1.29, 1.82) is 0 Å². The molecule has 0 atom stereocenters. The summed E-state index contributed by atoms with van der Waals surface area (Å²) >= 11 is 0. The van der Waals surface area contributed by atoms with Gasteiger partial charge >= 0.3 is 11.9 Å². The van der Waals surface area contributed by atoms with E-state index in [0.29, 0.717) is 17.7 Å². The zero-order chi connectivity index (χ0) is 20.4. The third-order valence-corrected chi connectivity index (χ3v) is 4.79. The van der Waals surface area contributed by atoms with E-state index in [-0.39, 0.29) is 24.5 Å². The Bertz CT molecular complexity index is 1190. The van der Waals surface area contributed by atoms with Gasteiger partial charge in [-0.25, -0.2) is 9.59 Å². The molecule has 1 aromatic carbocycles. The fourth-order valence-corrected chi connectivity index (χ4v) is 3.65. The summed E-state index contributed by atoms with van der Waals surface area (Å²) in [7, 11) is 0. The molecule has 0 fully saturated rings. The van der Waals surface area contributed by atoms with Crippen LogP contribution in [0.3, 0.4) is 0 Å². The van der Waals surface area contributed by atoms with E-state index in [1.807, 2.05) is 42.5 Å². The Labute approximate surface area is 167 Å². The second-order valence-electron chi connectivity index (χ2n) is 6.51. The van der Waals surface area contributed by atoms with E-state index >= 15 is 0 Å². The van der Waals surface area contributed by atoms with E-state index in [2.05, 4.69) is 0 Å². The van der Waals surface area contributed by atoms with Crippen LogP contribution in [0.5, 0.6) is 0 Å². The second-order valence-corrected chi connectivity index (χ2v) is 6.51. The average Bonchev–Trinajstić information content (AvgIpc) is 3.35. The first-order valence-corrected chi connectivity index (χ1v) is 9.57. The maximum atomic E-state index is 13.0. The number of pyridine rings is 1. The average molecular weight is 391 g/mol. The summed E-state index contributed by atoms with van der Waals surface area (Å²) in [4.78, 5) is 25.9. The standard InChI is InChI=1S/C23H21NO5/c1-3-27-22(25)20-17(14-16-9-7-13-29-16)19-12-11-15-8-5-6-10-18(15)24(19)21(20)23(26)28-4-2/h5-13H,3-4,14H2,1-2H3. The molecule has 0 radical (unpaired) electrons. The molecule has 0 aliphatic rings. The Hall–Kier alpha value is -3.54. The van der Waals surface area contributed by atoms with Crippen LogP contribution in [0, 0.1) is 0 Å². The highest BCUT2D eigenvalue weighted by Crippen LogP contribution is 2.31. The molecule has 29 heavy (non-hydrogen) atoms. The summed E-state index contributed by atoms with van der Waals surface area (Å²) in [5.41, 5.74) is 2.62. The van der Waals surface area contributed by atoms with Gasteiger partial charge in [0.2, 0.25) is 0 Å². The molecule has 3 heterocycles. The number of nitrogens with zero attached hydrogens (tertiary/aromatic N) is 1. The van der Waals surface area contributed by atoms with Gasteiger partial charge in [-0.3, -0.25) is 0 Å². The fraction of sp³-hybridized carbons (Fsp3) is 0.217. The largest absolute Gasteiger partial charge is 0.469 e. The van der Waals surface area contributed by atoms with Gasteiger partial charge in [0.1, 0.15) is 11.5 Å². The van der Waals surface area contributed by atoms with Crippen molar-refractivity contribution in [1.82, 2.24) is 4.40 Å². The van der Waals surface area contributed by atoms with Gasteiger partial charge in [-0.1, -0.05) is 24.3 Å². The van der Waals surface area contributed by atoms with E-state index in [4.69, 9.17) is 13.9 Å². The number of carbonyl (C=O) groups is 2. The Balaban J connectivity index is 2.10. The molecular weight excluding hydrogens is 370 g/mol. The molecule has 0 amide bonds.